The maximum Gasteiger partial charge on any atom is 0.157 e. The molecule has 5 heteroatoms. The number of ether oxygens (including phenoxy) is 1. The van der Waals surface area contributed by atoms with Gasteiger partial charge < -0.3 is 10.1 Å². The van der Waals surface area contributed by atoms with E-state index in [1.807, 2.05) is 18.2 Å². The van der Waals surface area contributed by atoms with Gasteiger partial charge in [-0.3, -0.25) is 0 Å². The average molecular weight is 281 g/mol. The van der Waals surface area contributed by atoms with E-state index in [9.17, 15) is 8.42 Å². The van der Waals surface area contributed by atoms with Crippen LogP contribution in [0.15, 0.2) is 24.3 Å². The zero-order valence-electron chi connectivity index (χ0n) is 10.8. The van der Waals surface area contributed by atoms with Gasteiger partial charge in [-0.05, 0) is 43.5 Å². The monoisotopic (exact) mass is 281 g/mol. The van der Waals surface area contributed by atoms with Crippen LogP contribution in [0.3, 0.4) is 0 Å². The van der Waals surface area contributed by atoms with Crippen LogP contribution in [0, 0.1) is 0 Å². The lowest BCUT2D eigenvalue weighted by Gasteiger charge is -2.26. The van der Waals surface area contributed by atoms with E-state index in [1.165, 1.54) is 18.4 Å². The van der Waals surface area contributed by atoms with E-state index in [2.05, 4.69) is 11.4 Å². The fourth-order valence-electron chi connectivity index (χ4n) is 2.74. The SMILES string of the molecule is O=S1(=O)CC(Oc2cccc(CC3CCCN3)c2)C1. The van der Waals surface area contributed by atoms with Crippen molar-refractivity contribution in [1.82, 2.24) is 5.32 Å². The molecule has 0 radical (unpaired) electrons. The number of benzene rings is 1. The van der Waals surface area contributed by atoms with Crippen molar-refractivity contribution in [2.75, 3.05) is 18.1 Å². The highest BCUT2D eigenvalue weighted by Gasteiger charge is 2.35. The molecule has 2 saturated heterocycles. The minimum atomic E-state index is -2.81. The van der Waals surface area contributed by atoms with Gasteiger partial charge in [0.05, 0.1) is 11.5 Å². The second kappa shape index (κ2) is 5.13. The topological polar surface area (TPSA) is 55.4 Å². The Hall–Kier alpha value is -1.07. The van der Waals surface area contributed by atoms with Crippen molar-refractivity contribution in [3.8, 4) is 5.75 Å². The Morgan fingerprint density at radius 3 is 2.84 bits per heavy atom. The van der Waals surface area contributed by atoms with Crippen LogP contribution in [0.2, 0.25) is 0 Å². The standard InChI is InChI=1S/C14H19NO3S/c16-19(17)9-14(10-19)18-13-5-1-3-11(8-13)7-12-4-2-6-15-12/h1,3,5,8,12,14-15H,2,4,6-7,9-10H2. The normalized spacial score (nSPS) is 26.0. The molecule has 0 bridgehead atoms. The van der Waals surface area contributed by atoms with Gasteiger partial charge in [-0.2, -0.15) is 0 Å². The molecule has 104 valence electrons. The lowest BCUT2D eigenvalue weighted by Crippen LogP contribution is -2.45. The average Bonchev–Trinajstić information content (AvgIpc) is 2.80. The van der Waals surface area contributed by atoms with Crippen LogP contribution in [0.4, 0.5) is 0 Å². The summed E-state index contributed by atoms with van der Waals surface area (Å²) in [5, 5.41) is 3.48. The zero-order valence-corrected chi connectivity index (χ0v) is 11.7. The molecule has 1 atom stereocenters. The fourth-order valence-corrected chi connectivity index (χ4v) is 3.91. The smallest absolute Gasteiger partial charge is 0.157 e. The van der Waals surface area contributed by atoms with Gasteiger partial charge in [0.15, 0.2) is 9.84 Å². The molecule has 1 aromatic carbocycles. The molecule has 0 amide bonds. The summed E-state index contributed by atoms with van der Waals surface area (Å²) in [7, 11) is -2.81. The van der Waals surface area contributed by atoms with Crippen LogP contribution in [-0.4, -0.2) is 38.6 Å². The summed E-state index contributed by atoms with van der Waals surface area (Å²) in [4.78, 5) is 0. The largest absolute Gasteiger partial charge is 0.488 e. The molecule has 2 heterocycles. The molecule has 2 aliphatic heterocycles. The van der Waals surface area contributed by atoms with E-state index in [0.717, 1.165) is 18.7 Å². The molecule has 0 saturated carbocycles. The number of rotatable bonds is 4. The molecule has 0 aliphatic carbocycles. The molecule has 0 spiro atoms. The molecule has 2 fully saturated rings. The quantitative estimate of drug-likeness (QED) is 0.900. The summed E-state index contributed by atoms with van der Waals surface area (Å²) in [6.45, 7) is 1.11. The fraction of sp³-hybridized carbons (Fsp3) is 0.571. The summed E-state index contributed by atoms with van der Waals surface area (Å²) < 4.78 is 27.9. The Morgan fingerprint density at radius 2 is 2.16 bits per heavy atom. The Morgan fingerprint density at radius 1 is 1.32 bits per heavy atom. The van der Waals surface area contributed by atoms with Gasteiger partial charge in [0.25, 0.3) is 0 Å². The predicted octanol–water partition coefficient (Wildman–Crippen LogP) is 1.16. The minimum absolute atomic E-state index is 0.154. The van der Waals surface area contributed by atoms with Crippen LogP contribution in [0.5, 0.6) is 5.75 Å². The van der Waals surface area contributed by atoms with E-state index < -0.39 is 9.84 Å². The molecule has 19 heavy (non-hydrogen) atoms. The molecule has 1 aromatic rings. The molecular formula is C14H19NO3S. The van der Waals surface area contributed by atoms with Gasteiger partial charge in [0.2, 0.25) is 0 Å². The molecule has 2 aliphatic rings. The lowest BCUT2D eigenvalue weighted by atomic mass is 10.0. The van der Waals surface area contributed by atoms with Crippen LogP contribution in [-0.2, 0) is 16.3 Å². The van der Waals surface area contributed by atoms with Crippen molar-refractivity contribution in [2.45, 2.75) is 31.4 Å². The number of nitrogens with one attached hydrogen (secondary N) is 1. The van der Waals surface area contributed by atoms with Gasteiger partial charge in [-0.1, -0.05) is 12.1 Å². The maximum atomic E-state index is 11.1. The van der Waals surface area contributed by atoms with E-state index in [0.29, 0.717) is 6.04 Å². The van der Waals surface area contributed by atoms with E-state index in [-0.39, 0.29) is 17.6 Å². The molecular weight excluding hydrogens is 262 g/mol. The molecule has 0 aromatic heterocycles. The first kappa shape index (κ1) is 12.9. The lowest BCUT2D eigenvalue weighted by molar-refractivity contribution is 0.230. The molecule has 1 N–H and O–H groups in total. The first-order chi connectivity index (χ1) is 9.11. The summed E-state index contributed by atoms with van der Waals surface area (Å²) in [6.07, 6.45) is 3.33. The van der Waals surface area contributed by atoms with Crippen LogP contribution >= 0.6 is 0 Å². The summed E-state index contributed by atoms with van der Waals surface area (Å²) in [5.74, 6) is 1.10. The van der Waals surface area contributed by atoms with E-state index >= 15 is 0 Å². The van der Waals surface area contributed by atoms with Gasteiger partial charge in [0, 0.05) is 6.04 Å². The summed E-state index contributed by atoms with van der Waals surface area (Å²) in [5.41, 5.74) is 1.25. The van der Waals surface area contributed by atoms with Gasteiger partial charge >= 0.3 is 0 Å². The van der Waals surface area contributed by atoms with Crippen molar-refractivity contribution in [1.29, 1.82) is 0 Å². The Kier molecular flexibility index (Phi) is 3.50. The minimum Gasteiger partial charge on any atom is -0.488 e. The van der Waals surface area contributed by atoms with Gasteiger partial charge in [-0.25, -0.2) is 8.42 Å². The number of hydrogen-bond donors (Lipinski definition) is 1. The number of hydrogen-bond acceptors (Lipinski definition) is 4. The third-order valence-corrected chi connectivity index (χ3v) is 5.48. The van der Waals surface area contributed by atoms with Crippen LogP contribution in [0.25, 0.3) is 0 Å². The van der Waals surface area contributed by atoms with Crippen LogP contribution in [0.1, 0.15) is 18.4 Å². The van der Waals surface area contributed by atoms with Gasteiger partial charge in [0.1, 0.15) is 11.9 Å². The molecule has 4 nitrogen and oxygen atoms in total. The Balaban J connectivity index is 1.60. The maximum absolute atomic E-state index is 11.1. The zero-order chi connectivity index (χ0) is 13.3. The third-order valence-electron chi connectivity index (χ3n) is 3.73. The van der Waals surface area contributed by atoms with E-state index in [4.69, 9.17) is 4.74 Å². The van der Waals surface area contributed by atoms with Crippen molar-refractivity contribution < 1.29 is 13.2 Å². The highest BCUT2D eigenvalue weighted by molar-refractivity contribution is 7.92. The summed E-state index contributed by atoms with van der Waals surface area (Å²) >= 11 is 0. The van der Waals surface area contributed by atoms with Gasteiger partial charge in [-0.15, -0.1) is 0 Å². The number of sulfone groups is 1. The first-order valence-electron chi connectivity index (χ1n) is 6.80. The highest BCUT2D eigenvalue weighted by Crippen LogP contribution is 2.22. The first-order valence-corrected chi connectivity index (χ1v) is 8.62. The Bertz CT molecular complexity index is 538. The van der Waals surface area contributed by atoms with Crippen molar-refractivity contribution >= 4 is 9.84 Å². The van der Waals surface area contributed by atoms with Crippen LogP contribution < -0.4 is 10.1 Å². The summed E-state index contributed by atoms with van der Waals surface area (Å²) in [6, 6.07) is 8.58. The van der Waals surface area contributed by atoms with Crippen molar-refractivity contribution in [2.24, 2.45) is 0 Å². The Labute approximate surface area is 114 Å². The third kappa shape index (κ3) is 3.28. The highest BCUT2D eigenvalue weighted by atomic mass is 32.2. The predicted molar refractivity (Wildman–Crippen MR) is 74.2 cm³/mol. The molecule has 1 unspecified atom stereocenters. The van der Waals surface area contributed by atoms with Crippen molar-refractivity contribution in [3.05, 3.63) is 29.8 Å². The second-order valence-corrected chi connectivity index (χ2v) is 7.62. The second-order valence-electron chi connectivity index (χ2n) is 5.46. The molecule has 3 rings (SSSR count). The van der Waals surface area contributed by atoms with Crippen molar-refractivity contribution in [3.63, 3.8) is 0 Å². The van der Waals surface area contributed by atoms with E-state index in [1.54, 1.807) is 0 Å².